The van der Waals surface area contributed by atoms with Gasteiger partial charge in [0.2, 0.25) is 5.91 Å². The maximum absolute atomic E-state index is 13.2. The van der Waals surface area contributed by atoms with Crippen LogP contribution in [0.15, 0.2) is 121 Å². The van der Waals surface area contributed by atoms with Crippen molar-refractivity contribution in [1.29, 1.82) is 0 Å². The van der Waals surface area contributed by atoms with Gasteiger partial charge >= 0.3 is 0 Å². The van der Waals surface area contributed by atoms with Gasteiger partial charge in [-0.25, -0.2) is 0 Å². The van der Waals surface area contributed by atoms with Crippen LogP contribution in [-0.4, -0.2) is 21.7 Å². The van der Waals surface area contributed by atoms with E-state index in [1.165, 1.54) is 5.56 Å². The van der Waals surface area contributed by atoms with Gasteiger partial charge in [0.1, 0.15) is 0 Å². The fourth-order valence-corrected chi connectivity index (χ4v) is 4.68. The lowest BCUT2D eigenvalue weighted by Crippen LogP contribution is -2.41. The predicted molar refractivity (Wildman–Crippen MR) is 149 cm³/mol. The number of rotatable bonds is 8. The molecule has 4 aromatic carbocycles. The Balaban J connectivity index is 1.31. The maximum Gasteiger partial charge on any atom is 0.242 e. The Labute approximate surface area is 217 Å². The zero-order chi connectivity index (χ0) is 25.6. The Morgan fingerprint density at radius 2 is 1.35 bits per heavy atom. The minimum absolute atomic E-state index is 0.225. The van der Waals surface area contributed by atoms with Crippen molar-refractivity contribution in [2.45, 2.75) is 25.4 Å². The number of amides is 1. The lowest BCUT2D eigenvalue weighted by Gasteiger charge is -2.24. The minimum Gasteiger partial charge on any atom is -0.325 e. The van der Waals surface area contributed by atoms with Crippen LogP contribution in [0.5, 0.6) is 0 Å². The van der Waals surface area contributed by atoms with Gasteiger partial charge < -0.3 is 11.1 Å². The summed E-state index contributed by atoms with van der Waals surface area (Å²) in [7, 11) is 0. The molecule has 3 N–H and O–H groups in total. The number of hydrogen-bond donors (Lipinski definition) is 2. The van der Waals surface area contributed by atoms with Crippen LogP contribution in [0.1, 0.15) is 28.3 Å². The van der Waals surface area contributed by atoms with Crippen molar-refractivity contribution < 1.29 is 4.79 Å². The van der Waals surface area contributed by atoms with E-state index in [1.807, 2.05) is 114 Å². The molecule has 0 saturated heterocycles. The average Bonchev–Trinajstić information content (AvgIpc) is 3.30. The number of carbonyl (C=O) groups is 1. The molecule has 0 fully saturated rings. The van der Waals surface area contributed by atoms with E-state index < -0.39 is 6.04 Å². The normalized spacial score (nSPS) is 11.9. The number of anilines is 1. The maximum atomic E-state index is 13.2. The molecule has 0 aliphatic rings. The van der Waals surface area contributed by atoms with Crippen molar-refractivity contribution in [3.8, 4) is 11.1 Å². The van der Waals surface area contributed by atoms with E-state index in [4.69, 9.17) is 5.73 Å². The molecule has 0 radical (unpaired) electrons. The Morgan fingerprint density at radius 1 is 0.811 bits per heavy atom. The van der Waals surface area contributed by atoms with Crippen molar-refractivity contribution in [2.75, 3.05) is 5.32 Å². The molecule has 5 aromatic rings. The Kier molecular flexibility index (Phi) is 7.24. The van der Waals surface area contributed by atoms with Crippen molar-refractivity contribution >= 4 is 11.6 Å². The lowest BCUT2D eigenvalue weighted by atomic mass is 9.85. The quantitative estimate of drug-likeness (QED) is 0.282. The molecule has 184 valence electrons. The average molecular weight is 487 g/mol. The first-order valence-corrected chi connectivity index (χ1v) is 12.4. The summed E-state index contributed by atoms with van der Waals surface area (Å²) in [4.78, 5) is 13.2. The summed E-state index contributed by atoms with van der Waals surface area (Å²) in [6.07, 6.45) is 1.89. The Hall–Kier alpha value is -4.48. The molecular formula is C32H30N4O. The van der Waals surface area contributed by atoms with E-state index in [1.54, 1.807) is 0 Å². The molecule has 0 aliphatic carbocycles. The molecule has 5 nitrogen and oxygen atoms in total. The highest BCUT2D eigenvalue weighted by molar-refractivity contribution is 5.96. The third-order valence-corrected chi connectivity index (χ3v) is 6.72. The van der Waals surface area contributed by atoms with Crippen molar-refractivity contribution in [1.82, 2.24) is 9.78 Å². The van der Waals surface area contributed by atoms with Gasteiger partial charge in [-0.05, 0) is 41.3 Å². The summed E-state index contributed by atoms with van der Waals surface area (Å²) in [5.41, 5.74) is 13.7. The van der Waals surface area contributed by atoms with E-state index in [-0.39, 0.29) is 11.8 Å². The van der Waals surface area contributed by atoms with Crippen LogP contribution in [0.25, 0.3) is 11.1 Å². The van der Waals surface area contributed by atoms with Crippen LogP contribution in [0, 0.1) is 6.92 Å². The number of nitrogens with one attached hydrogen (secondary N) is 1. The molecule has 0 bridgehead atoms. The first-order chi connectivity index (χ1) is 18.1. The topological polar surface area (TPSA) is 72.9 Å². The van der Waals surface area contributed by atoms with E-state index >= 15 is 0 Å². The first-order valence-electron chi connectivity index (χ1n) is 12.4. The molecular weight excluding hydrogens is 456 g/mol. The fourth-order valence-electron chi connectivity index (χ4n) is 4.68. The smallest absolute Gasteiger partial charge is 0.242 e. The number of nitrogens with two attached hydrogens (primary N) is 1. The third-order valence-electron chi connectivity index (χ3n) is 6.72. The summed E-state index contributed by atoms with van der Waals surface area (Å²) in [5, 5.41) is 7.60. The van der Waals surface area contributed by atoms with Gasteiger partial charge in [-0.2, -0.15) is 5.10 Å². The fraction of sp³-hybridized carbons (Fsp3) is 0.125. The molecule has 0 saturated carbocycles. The summed E-state index contributed by atoms with van der Waals surface area (Å²) in [5.74, 6) is -0.475. The summed E-state index contributed by atoms with van der Waals surface area (Å²) in [6.45, 7) is 2.80. The van der Waals surface area contributed by atoms with E-state index in [0.29, 0.717) is 5.69 Å². The molecule has 0 aliphatic heterocycles. The highest BCUT2D eigenvalue weighted by Gasteiger charge is 2.27. The Bertz CT molecular complexity index is 1410. The highest BCUT2D eigenvalue weighted by Crippen LogP contribution is 2.29. The van der Waals surface area contributed by atoms with Crippen molar-refractivity contribution in [3.05, 3.63) is 144 Å². The first kappa shape index (κ1) is 24.2. The largest absolute Gasteiger partial charge is 0.325 e. The van der Waals surface area contributed by atoms with Gasteiger partial charge in [-0.15, -0.1) is 0 Å². The SMILES string of the molecule is Cc1c(-c2ccc(NC(=O)C(N)C(c3ccccc3)c3ccccc3)cc2)cnn1Cc1ccccc1. The van der Waals surface area contributed by atoms with Gasteiger partial charge in [0.15, 0.2) is 0 Å². The van der Waals surface area contributed by atoms with E-state index in [2.05, 4.69) is 29.5 Å². The van der Waals surface area contributed by atoms with Gasteiger partial charge in [0.25, 0.3) is 0 Å². The zero-order valence-corrected chi connectivity index (χ0v) is 20.8. The number of benzene rings is 4. The number of carbonyl (C=O) groups excluding carboxylic acids is 1. The summed E-state index contributed by atoms with van der Waals surface area (Å²) < 4.78 is 2.01. The third kappa shape index (κ3) is 5.52. The molecule has 1 atom stereocenters. The van der Waals surface area contributed by atoms with Crippen LogP contribution >= 0.6 is 0 Å². The minimum atomic E-state index is -0.747. The summed E-state index contributed by atoms with van der Waals surface area (Å²) in [6, 6.07) is 37.2. The van der Waals surface area contributed by atoms with Gasteiger partial charge in [-0.3, -0.25) is 9.48 Å². The number of hydrogen-bond acceptors (Lipinski definition) is 3. The van der Waals surface area contributed by atoms with Crippen LogP contribution in [0.4, 0.5) is 5.69 Å². The Morgan fingerprint density at radius 3 is 1.92 bits per heavy atom. The van der Waals surface area contributed by atoms with Crippen LogP contribution in [0.3, 0.4) is 0 Å². The molecule has 37 heavy (non-hydrogen) atoms. The lowest BCUT2D eigenvalue weighted by molar-refractivity contribution is -0.117. The van der Waals surface area contributed by atoms with Crippen LogP contribution < -0.4 is 11.1 Å². The van der Waals surface area contributed by atoms with E-state index in [0.717, 1.165) is 34.5 Å². The molecule has 1 heterocycles. The number of nitrogens with zero attached hydrogens (tertiary/aromatic N) is 2. The summed E-state index contributed by atoms with van der Waals surface area (Å²) >= 11 is 0. The van der Waals surface area contributed by atoms with Crippen LogP contribution in [-0.2, 0) is 11.3 Å². The second-order valence-corrected chi connectivity index (χ2v) is 9.18. The van der Waals surface area contributed by atoms with Gasteiger partial charge in [0, 0.05) is 22.9 Å². The second-order valence-electron chi connectivity index (χ2n) is 9.18. The second kappa shape index (κ2) is 11.1. The van der Waals surface area contributed by atoms with Gasteiger partial charge in [-0.1, -0.05) is 103 Å². The monoisotopic (exact) mass is 486 g/mol. The van der Waals surface area contributed by atoms with E-state index in [9.17, 15) is 4.79 Å². The zero-order valence-electron chi connectivity index (χ0n) is 20.8. The molecule has 5 rings (SSSR count). The molecule has 1 amide bonds. The standard InChI is InChI=1S/C32H30N4O/c1-23-29(21-34-36(23)22-24-11-5-2-6-12-24)25-17-19-28(20-18-25)35-32(37)31(33)30(26-13-7-3-8-14-26)27-15-9-4-10-16-27/h2-21,30-31H,22,33H2,1H3,(H,35,37). The predicted octanol–water partition coefficient (Wildman–Crippen LogP) is 6.00. The molecule has 1 unspecified atom stereocenters. The molecule has 0 spiro atoms. The highest BCUT2D eigenvalue weighted by atomic mass is 16.2. The van der Waals surface area contributed by atoms with Crippen LogP contribution in [0.2, 0.25) is 0 Å². The molecule has 1 aromatic heterocycles. The van der Waals surface area contributed by atoms with Crippen molar-refractivity contribution in [3.63, 3.8) is 0 Å². The molecule has 5 heteroatoms. The van der Waals surface area contributed by atoms with Crippen molar-refractivity contribution in [2.24, 2.45) is 5.73 Å². The number of aromatic nitrogens is 2. The van der Waals surface area contributed by atoms with Gasteiger partial charge in [0.05, 0.1) is 18.8 Å².